The van der Waals surface area contributed by atoms with E-state index >= 15 is 0 Å². The van der Waals surface area contributed by atoms with E-state index in [2.05, 4.69) is 37.9 Å². The minimum atomic E-state index is -0.0646. The molecule has 4 nitrogen and oxygen atoms in total. The van der Waals surface area contributed by atoms with Gasteiger partial charge in [0.25, 0.3) is 0 Å². The molecule has 1 rings (SSSR count). The highest BCUT2D eigenvalue weighted by atomic mass is 35.5. The average Bonchev–Trinajstić information content (AvgIpc) is 2.31. The third-order valence-corrected chi connectivity index (χ3v) is 3.14. The van der Waals surface area contributed by atoms with Crippen LogP contribution in [0.4, 0.5) is 11.4 Å². The molecule has 0 saturated carbocycles. The van der Waals surface area contributed by atoms with Crippen molar-refractivity contribution in [2.75, 3.05) is 30.7 Å². The van der Waals surface area contributed by atoms with E-state index in [0.717, 1.165) is 13.1 Å². The lowest BCUT2D eigenvalue weighted by Crippen LogP contribution is -2.38. The summed E-state index contributed by atoms with van der Waals surface area (Å²) in [5.74, 6) is 0.978. The minimum absolute atomic E-state index is 0.0646. The molecule has 1 amide bonds. The standard InChI is InChI=1S/C16H26ClN3O/c1-11(2)8-20(9-12(3)4)10-16(21)19-15-7-13(17)5-6-14(15)18/h5-7,11-12H,8-10,18H2,1-4H3,(H,19,21). The van der Waals surface area contributed by atoms with Gasteiger partial charge >= 0.3 is 0 Å². The molecule has 0 unspecified atom stereocenters. The van der Waals surface area contributed by atoms with Gasteiger partial charge in [-0.1, -0.05) is 39.3 Å². The first-order valence-corrected chi connectivity index (χ1v) is 7.73. The summed E-state index contributed by atoms with van der Waals surface area (Å²) in [6, 6.07) is 5.07. The van der Waals surface area contributed by atoms with Gasteiger partial charge < -0.3 is 11.1 Å². The maximum absolute atomic E-state index is 12.2. The van der Waals surface area contributed by atoms with Gasteiger partial charge in [0.05, 0.1) is 17.9 Å². The molecule has 0 aliphatic heterocycles. The van der Waals surface area contributed by atoms with Crippen LogP contribution in [0.5, 0.6) is 0 Å². The smallest absolute Gasteiger partial charge is 0.238 e. The van der Waals surface area contributed by atoms with E-state index in [1.54, 1.807) is 18.2 Å². The number of hydrogen-bond acceptors (Lipinski definition) is 3. The summed E-state index contributed by atoms with van der Waals surface area (Å²) in [6.07, 6.45) is 0. The van der Waals surface area contributed by atoms with Crippen molar-refractivity contribution in [1.82, 2.24) is 4.90 Å². The second-order valence-electron chi connectivity index (χ2n) is 6.26. The highest BCUT2D eigenvalue weighted by Crippen LogP contribution is 2.22. The van der Waals surface area contributed by atoms with E-state index in [-0.39, 0.29) is 5.91 Å². The number of carbonyl (C=O) groups excluding carboxylic acids is 1. The number of nitrogens with two attached hydrogens (primary N) is 1. The quantitative estimate of drug-likeness (QED) is 0.758. The Morgan fingerprint density at radius 1 is 1.24 bits per heavy atom. The Hall–Kier alpha value is -1.26. The van der Waals surface area contributed by atoms with Crippen LogP contribution < -0.4 is 11.1 Å². The van der Waals surface area contributed by atoms with Crippen LogP contribution in [-0.2, 0) is 4.79 Å². The number of nitrogens with zero attached hydrogens (tertiary/aromatic N) is 1. The van der Waals surface area contributed by atoms with Crippen LogP contribution in [0, 0.1) is 11.8 Å². The third kappa shape index (κ3) is 6.82. The highest BCUT2D eigenvalue weighted by Gasteiger charge is 2.14. The van der Waals surface area contributed by atoms with Crippen LogP contribution in [0.3, 0.4) is 0 Å². The van der Waals surface area contributed by atoms with Crippen molar-refractivity contribution < 1.29 is 4.79 Å². The van der Waals surface area contributed by atoms with Gasteiger partial charge in [-0.2, -0.15) is 0 Å². The topological polar surface area (TPSA) is 58.4 Å². The first-order chi connectivity index (χ1) is 9.77. The van der Waals surface area contributed by atoms with Crippen LogP contribution in [0.1, 0.15) is 27.7 Å². The SMILES string of the molecule is CC(C)CN(CC(=O)Nc1cc(Cl)ccc1N)CC(C)C. The summed E-state index contributed by atoms with van der Waals surface area (Å²) in [5.41, 5.74) is 6.93. The van der Waals surface area contributed by atoms with E-state index < -0.39 is 0 Å². The molecule has 0 fully saturated rings. The lowest BCUT2D eigenvalue weighted by Gasteiger charge is -2.25. The first kappa shape index (κ1) is 17.8. The maximum atomic E-state index is 12.2. The van der Waals surface area contributed by atoms with E-state index in [9.17, 15) is 4.79 Å². The van der Waals surface area contributed by atoms with Gasteiger partial charge in [0.15, 0.2) is 0 Å². The largest absolute Gasteiger partial charge is 0.397 e. The number of nitrogen functional groups attached to an aromatic ring is 1. The molecule has 0 saturated heterocycles. The van der Waals surface area contributed by atoms with Crippen molar-refractivity contribution in [3.8, 4) is 0 Å². The van der Waals surface area contributed by atoms with Gasteiger partial charge in [0, 0.05) is 18.1 Å². The molecule has 21 heavy (non-hydrogen) atoms. The molecule has 0 radical (unpaired) electrons. The Bertz CT molecular complexity index is 465. The first-order valence-electron chi connectivity index (χ1n) is 7.35. The van der Waals surface area contributed by atoms with Gasteiger partial charge in [-0.3, -0.25) is 9.69 Å². The monoisotopic (exact) mass is 311 g/mol. The molecule has 0 heterocycles. The third-order valence-electron chi connectivity index (χ3n) is 2.90. The van der Waals surface area contributed by atoms with E-state index in [4.69, 9.17) is 17.3 Å². The fourth-order valence-corrected chi connectivity index (χ4v) is 2.44. The summed E-state index contributed by atoms with van der Waals surface area (Å²) < 4.78 is 0. The summed E-state index contributed by atoms with van der Waals surface area (Å²) >= 11 is 5.93. The zero-order valence-corrected chi connectivity index (χ0v) is 14.1. The number of amides is 1. The van der Waals surface area contributed by atoms with Crippen molar-refractivity contribution in [1.29, 1.82) is 0 Å². The van der Waals surface area contributed by atoms with E-state index in [1.807, 2.05) is 0 Å². The van der Waals surface area contributed by atoms with Gasteiger partial charge in [-0.05, 0) is 30.0 Å². The Balaban J connectivity index is 2.66. The molecule has 0 atom stereocenters. The lowest BCUT2D eigenvalue weighted by molar-refractivity contribution is -0.117. The lowest BCUT2D eigenvalue weighted by atomic mass is 10.1. The van der Waals surface area contributed by atoms with Gasteiger partial charge in [0.2, 0.25) is 5.91 Å². The molecule has 0 aliphatic carbocycles. The molecule has 0 spiro atoms. The molecular weight excluding hydrogens is 286 g/mol. The summed E-state index contributed by atoms with van der Waals surface area (Å²) in [4.78, 5) is 14.4. The Morgan fingerprint density at radius 2 is 1.81 bits per heavy atom. The zero-order chi connectivity index (χ0) is 16.0. The van der Waals surface area contributed by atoms with E-state index in [0.29, 0.717) is 34.8 Å². The molecule has 118 valence electrons. The summed E-state index contributed by atoms with van der Waals surface area (Å²) in [6.45, 7) is 10.8. The zero-order valence-electron chi connectivity index (χ0n) is 13.3. The molecule has 0 aliphatic rings. The predicted molar refractivity (Wildman–Crippen MR) is 90.6 cm³/mol. The summed E-state index contributed by atoms with van der Waals surface area (Å²) in [7, 11) is 0. The summed E-state index contributed by atoms with van der Waals surface area (Å²) in [5, 5.41) is 3.39. The highest BCUT2D eigenvalue weighted by molar-refractivity contribution is 6.31. The molecule has 3 N–H and O–H groups in total. The molecule has 1 aromatic rings. The second-order valence-corrected chi connectivity index (χ2v) is 6.70. The van der Waals surface area contributed by atoms with Crippen molar-refractivity contribution >= 4 is 28.9 Å². The average molecular weight is 312 g/mol. The molecule has 0 bridgehead atoms. The Kier molecular flexibility index (Phi) is 6.99. The van der Waals surface area contributed by atoms with Crippen LogP contribution in [0.25, 0.3) is 0 Å². The van der Waals surface area contributed by atoms with Gasteiger partial charge in [0.1, 0.15) is 0 Å². The second kappa shape index (κ2) is 8.25. The maximum Gasteiger partial charge on any atom is 0.238 e. The number of hydrogen-bond donors (Lipinski definition) is 2. The number of benzene rings is 1. The van der Waals surface area contributed by atoms with Crippen molar-refractivity contribution in [3.63, 3.8) is 0 Å². The van der Waals surface area contributed by atoms with Crippen molar-refractivity contribution in [2.24, 2.45) is 11.8 Å². The van der Waals surface area contributed by atoms with Crippen LogP contribution >= 0.6 is 11.6 Å². The normalized spacial score (nSPS) is 11.4. The minimum Gasteiger partial charge on any atom is -0.397 e. The number of carbonyl (C=O) groups is 1. The number of anilines is 2. The van der Waals surface area contributed by atoms with Crippen molar-refractivity contribution in [2.45, 2.75) is 27.7 Å². The fourth-order valence-electron chi connectivity index (χ4n) is 2.27. The Labute approximate surface area is 132 Å². The molecular formula is C16H26ClN3O. The van der Waals surface area contributed by atoms with Crippen molar-refractivity contribution in [3.05, 3.63) is 23.2 Å². The Morgan fingerprint density at radius 3 is 2.33 bits per heavy atom. The number of rotatable bonds is 7. The van der Waals surface area contributed by atoms with Crippen LogP contribution in [0.2, 0.25) is 5.02 Å². The number of halogens is 1. The van der Waals surface area contributed by atoms with E-state index in [1.165, 1.54) is 0 Å². The van der Waals surface area contributed by atoms with Gasteiger partial charge in [-0.25, -0.2) is 0 Å². The molecule has 1 aromatic carbocycles. The van der Waals surface area contributed by atoms with Crippen LogP contribution in [-0.4, -0.2) is 30.4 Å². The predicted octanol–water partition coefficient (Wildman–Crippen LogP) is 3.47. The van der Waals surface area contributed by atoms with Gasteiger partial charge in [-0.15, -0.1) is 0 Å². The molecule has 5 heteroatoms. The number of nitrogens with one attached hydrogen (secondary N) is 1. The fraction of sp³-hybridized carbons (Fsp3) is 0.562. The van der Waals surface area contributed by atoms with Crippen LogP contribution in [0.15, 0.2) is 18.2 Å². The molecule has 0 aromatic heterocycles.